The summed E-state index contributed by atoms with van der Waals surface area (Å²) in [6.07, 6.45) is 4.65. The van der Waals surface area contributed by atoms with Gasteiger partial charge in [-0.25, -0.2) is 0 Å². The summed E-state index contributed by atoms with van der Waals surface area (Å²) >= 11 is 0. The number of hydrogen-bond donors (Lipinski definition) is 0. The highest BCUT2D eigenvalue weighted by molar-refractivity contribution is 5.39. The summed E-state index contributed by atoms with van der Waals surface area (Å²) < 4.78 is 1.94. The molecule has 1 aliphatic carbocycles. The van der Waals surface area contributed by atoms with Gasteiger partial charge in [-0.1, -0.05) is 13.0 Å². The van der Waals surface area contributed by atoms with Crippen molar-refractivity contribution >= 4 is 0 Å². The highest BCUT2D eigenvalue weighted by Gasteiger charge is 2.42. The lowest BCUT2D eigenvalue weighted by Crippen LogP contribution is -2.46. The molecule has 0 amide bonds. The maximum Gasteiger partial charge on any atom is 0.176 e. The van der Waals surface area contributed by atoms with Crippen LogP contribution in [0.2, 0.25) is 0 Å². The van der Waals surface area contributed by atoms with Crippen LogP contribution in [0.25, 0.3) is 5.69 Å². The molecule has 1 aromatic carbocycles. The predicted octanol–water partition coefficient (Wildman–Crippen LogP) is 3.25. The number of hydrogen-bond acceptors (Lipinski definition) is 4. The highest BCUT2D eigenvalue weighted by Crippen LogP contribution is 2.42. The summed E-state index contributed by atoms with van der Waals surface area (Å²) in [5.41, 5.74) is 3.45. The van der Waals surface area contributed by atoms with Gasteiger partial charge in [0.25, 0.3) is 0 Å². The Labute approximate surface area is 138 Å². The van der Waals surface area contributed by atoms with Gasteiger partial charge in [-0.15, -0.1) is 5.10 Å². The number of aryl methyl sites for hydroxylation is 2. The zero-order valence-electron chi connectivity index (χ0n) is 14.9. The molecule has 1 heterocycles. The standard InChI is InChI=1S/C18H27N5/c1-13-6-8-18(9-7-13,22(4)5)17-19-20-21-23(17)16-11-14(2)10-15(3)12-16/h10-13H,6-9H2,1-5H3. The van der Waals surface area contributed by atoms with Crippen molar-refractivity contribution in [1.82, 2.24) is 25.1 Å². The Bertz CT molecular complexity index is 660. The van der Waals surface area contributed by atoms with Gasteiger partial charge in [-0.3, -0.25) is 4.90 Å². The van der Waals surface area contributed by atoms with Crippen LogP contribution < -0.4 is 0 Å². The van der Waals surface area contributed by atoms with Crippen molar-refractivity contribution in [1.29, 1.82) is 0 Å². The smallest absolute Gasteiger partial charge is 0.176 e. The highest BCUT2D eigenvalue weighted by atomic mass is 15.6. The van der Waals surface area contributed by atoms with Crippen molar-refractivity contribution < 1.29 is 0 Å². The lowest BCUT2D eigenvalue weighted by atomic mass is 9.75. The van der Waals surface area contributed by atoms with Gasteiger partial charge in [-0.2, -0.15) is 4.68 Å². The normalized spacial score (nSPS) is 25.0. The molecule has 0 unspecified atom stereocenters. The molecule has 124 valence electrons. The molecule has 1 aliphatic rings. The molecule has 0 N–H and O–H groups in total. The van der Waals surface area contributed by atoms with E-state index in [0.29, 0.717) is 0 Å². The van der Waals surface area contributed by atoms with Crippen molar-refractivity contribution in [3.8, 4) is 5.69 Å². The lowest BCUT2D eigenvalue weighted by Gasteiger charge is -2.43. The molecule has 0 atom stereocenters. The van der Waals surface area contributed by atoms with Gasteiger partial charge < -0.3 is 0 Å². The van der Waals surface area contributed by atoms with Crippen molar-refractivity contribution in [2.24, 2.45) is 5.92 Å². The summed E-state index contributed by atoms with van der Waals surface area (Å²) in [5.74, 6) is 1.76. The van der Waals surface area contributed by atoms with Crippen LogP contribution in [0.15, 0.2) is 18.2 Å². The van der Waals surface area contributed by atoms with E-state index in [4.69, 9.17) is 0 Å². The summed E-state index contributed by atoms with van der Waals surface area (Å²) in [6, 6.07) is 6.49. The Morgan fingerprint density at radius 1 is 1.09 bits per heavy atom. The Kier molecular flexibility index (Phi) is 4.23. The molecule has 1 fully saturated rings. The fourth-order valence-electron chi connectivity index (χ4n) is 3.83. The van der Waals surface area contributed by atoms with E-state index in [-0.39, 0.29) is 5.54 Å². The first kappa shape index (κ1) is 16.1. The molecule has 5 heteroatoms. The monoisotopic (exact) mass is 313 g/mol. The molecule has 0 aliphatic heterocycles. The molecule has 0 saturated heterocycles. The minimum absolute atomic E-state index is 0.0757. The quantitative estimate of drug-likeness (QED) is 0.872. The van der Waals surface area contributed by atoms with E-state index in [2.05, 4.69) is 73.5 Å². The molecule has 1 saturated carbocycles. The van der Waals surface area contributed by atoms with E-state index in [1.165, 1.54) is 24.0 Å². The van der Waals surface area contributed by atoms with Crippen LogP contribution in [-0.4, -0.2) is 39.2 Å². The third-order valence-corrected chi connectivity index (χ3v) is 5.29. The average molecular weight is 313 g/mol. The summed E-state index contributed by atoms with van der Waals surface area (Å²) in [7, 11) is 4.30. The molecule has 1 aromatic heterocycles. The maximum atomic E-state index is 4.45. The molecule has 3 rings (SSSR count). The topological polar surface area (TPSA) is 46.8 Å². The summed E-state index contributed by atoms with van der Waals surface area (Å²) in [5, 5.41) is 12.8. The SMILES string of the molecule is Cc1cc(C)cc(-n2nnnc2C2(N(C)C)CCC(C)CC2)c1. The fourth-order valence-corrected chi connectivity index (χ4v) is 3.83. The van der Waals surface area contributed by atoms with Gasteiger partial charge in [0.15, 0.2) is 5.82 Å². The molecule has 5 nitrogen and oxygen atoms in total. The van der Waals surface area contributed by atoms with Gasteiger partial charge in [0.1, 0.15) is 0 Å². The molecule has 0 spiro atoms. The van der Waals surface area contributed by atoms with Crippen LogP contribution in [0.1, 0.15) is 49.6 Å². The summed E-state index contributed by atoms with van der Waals surface area (Å²) in [4.78, 5) is 2.31. The van der Waals surface area contributed by atoms with Gasteiger partial charge in [0, 0.05) is 0 Å². The van der Waals surface area contributed by atoms with Crippen LogP contribution in [0, 0.1) is 19.8 Å². The average Bonchev–Trinajstić information content (AvgIpc) is 2.97. The molecule has 23 heavy (non-hydrogen) atoms. The molecule has 0 radical (unpaired) electrons. The minimum Gasteiger partial charge on any atom is -0.297 e. The largest absolute Gasteiger partial charge is 0.297 e. The number of benzene rings is 1. The first-order chi connectivity index (χ1) is 10.9. The minimum atomic E-state index is -0.0757. The van der Waals surface area contributed by atoms with Crippen molar-refractivity contribution in [2.45, 2.75) is 52.0 Å². The molecular formula is C18H27N5. The van der Waals surface area contributed by atoms with Crippen LogP contribution in [0.4, 0.5) is 0 Å². The zero-order chi connectivity index (χ0) is 16.6. The van der Waals surface area contributed by atoms with Crippen LogP contribution in [0.5, 0.6) is 0 Å². The second-order valence-electron chi connectivity index (χ2n) is 7.37. The van der Waals surface area contributed by atoms with E-state index in [1.807, 2.05) is 4.68 Å². The van der Waals surface area contributed by atoms with Crippen molar-refractivity contribution in [3.05, 3.63) is 35.2 Å². The molecule has 2 aromatic rings. The predicted molar refractivity (Wildman–Crippen MR) is 91.6 cm³/mol. The van der Waals surface area contributed by atoms with E-state index < -0.39 is 0 Å². The molecule has 0 bridgehead atoms. The van der Waals surface area contributed by atoms with Gasteiger partial charge >= 0.3 is 0 Å². The van der Waals surface area contributed by atoms with Gasteiger partial charge in [-0.05, 0) is 93.2 Å². The van der Waals surface area contributed by atoms with E-state index in [1.54, 1.807) is 0 Å². The molecular weight excluding hydrogens is 286 g/mol. The van der Waals surface area contributed by atoms with E-state index in [9.17, 15) is 0 Å². The van der Waals surface area contributed by atoms with Crippen LogP contribution in [-0.2, 0) is 5.54 Å². The number of aromatic nitrogens is 4. The first-order valence-corrected chi connectivity index (χ1v) is 8.47. The Balaban J connectivity index is 2.08. The second kappa shape index (κ2) is 6.04. The maximum absolute atomic E-state index is 4.45. The van der Waals surface area contributed by atoms with Crippen molar-refractivity contribution in [3.63, 3.8) is 0 Å². The summed E-state index contributed by atoms with van der Waals surface area (Å²) in [6.45, 7) is 6.57. The van der Waals surface area contributed by atoms with Gasteiger partial charge in [0.05, 0.1) is 11.2 Å². The third kappa shape index (κ3) is 2.90. The van der Waals surface area contributed by atoms with E-state index in [0.717, 1.165) is 30.3 Å². The van der Waals surface area contributed by atoms with Crippen LogP contribution >= 0.6 is 0 Å². The number of nitrogens with zero attached hydrogens (tertiary/aromatic N) is 5. The zero-order valence-corrected chi connectivity index (χ0v) is 14.9. The van der Waals surface area contributed by atoms with Crippen molar-refractivity contribution in [2.75, 3.05) is 14.1 Å². The Morgan fingerprint density at radius 2 is 1.70 bits per heavy atom. The lowest BCUT2D eigenvalue weighted by molar-refractivity contribution is 0.0698. The number of rotatable bonds is 3. The second-order valence-corrected chi connectivity index (χ2v) is 7.37. The van der Waals surface area contributed by atoms with Crippen LogP contribution in [0.3, 0.4) is 0 Å². The Hall–Kier alpha value is -1.75. The third-order valence-electron chi connectivity index (χ3n) is 5.29. The van der Waals surface area contributed by atoms with Gasteiger partial charge in [0.2, 0.25) is 0 Å². The number of tetrazole rings is 1. The Morgan fingerprint density at radius 3 is 2.26 bits per heavy atom. The fraction of sp³-hybridized carbons (Fsp3) is 0.611. The first-order valence-electron chi connectivity index (χ1n) is 8.47. The van der Waals surface area contributed by atoms with E-state index >= 15 is 0 Å².